The predicted molar refractivity (Wildman–Crippen MR) is 84.0 cm³/mol. The van der Waals surface area contributed by atoms with E-state index in [1.54, 1.807) is 0 Å². The molecule has 0 fully saturated rings. The number of hydrogen-bond donors (Lipinski definition) is 1. The van der Waals surface area contributed by atoms with Crippen molar-refractivity contribution in [1.82, 2.24) is 0 Å². The normalized spacial score (nSPS) is 19.2. The molecule has 0 aliphatic carbocycles. The Morgan fingerprint density at radius 1 is 1.11 bits per heavy atom. The summed E-state index contributed by atoms with van der Waals surface area (Å²) >= 11 is 5.45. The third kappa shape index (κ3) is 2.04. The molecular weight excluding hydrogens is 254 g/mol. The van der Waals surface area contributed by atoms with Gasteiger partial charge in [-0.3, -0.25) is 0 Å². The van der Waals surface area contributed by atoms with E-state index in [9.17, 15) is 0 Å². The zero-order valence-corrected chi connectivity index (χ0v) is 11.3. The first-order chi connectivity index (χ1) is 9.16. The Morgan fingerprint density at radius 3 is 2.68 bits per heavy atom. The molecule has 0 bridgehead atoms. The van der Waals surface area contributed by atoms with Crippen molar-refractivity contribution in [3.05, 3.63) is 48.0 Å². The van der Waals surface area contributed by atoms with Gasteiger partial charge < -0.3 is 5.73 Å². The van der Waals surface area contributed by atoms with Crippen molar-refractivity contribution in [2.45, 2.75) is 13.0 Å². The highest BCUT2D eigenvalue weighted by atomic mass is 32.1. The molecule has 2 aromatic carbocycles. The Morgan fingerprint density at radius 2 is 1.84 bits per heavy atom. The number of fused-ring (bicyclic) bond motifs is 1. The minimum Gasteiger partial charge on any atom is -0.368 e. The lowest BCUT2D eigenvalue weighted by atomic mass is 9.95. The SMILES string of the molecule is CC1=NC(N)=NC(c2cccc3ccccc23)C1=S. The van der Waals surface area contributed by atoms with E-state index in [0.717, 1.165) is 21.5 Å². The van der Waals surface area contributed by atoms with E-state index >= 15 is 0 Å². The van der Waals surface area contributed by atoms with Gasteiger partial charge >= 0.3 is 0 Å². The molecule has 4 heteroatoms. The second-order valence-corrected chi connectivity index (χ2v) is 4.96. The smallest absolute Gasteiger partial charge is 0.216 e. The van der Waals surface area contributed by atoms with Crippen molar-refractivity contribution < 1.29 is 0 Å². The van der Waals surface area contributed by atoms with Gasteiger partial charge in [-0.05, 0) is 23.3 Å². The maximum atomic E-state index is 5.76. The maximum Gasteiger partial charge on any atom is 0.216 e. The van der Waals surface area contributed by atoms with Crippen LogP contribution in [0.5, 0.6) is 0 Å². The average molecular weight is 267 g/mol. The fraction of sp³-hybridized carbons (Fsp3) is 0.133. The summed E-state index contributed by atoms with van der Waals surface area (Å²) in [4.78, 5) is 9.26. The molecule has 0 amide bonds. The Bertz CT molecular complexity index is 726. The summed E-state index contributed by atoms with van der Waals surface area (Å²) in [7, 11) is 0. The second-order valence-electron chi connectivity index (χ2n) is 4.52. The minimum absolute atomic E-state index is 0.210. The molecule has 0 saturated heterocycles. The van der Waals surface area contributed by atoms with Gasteiger partial charge in [0, 0.05) is 0 Å². The fourth-order valence-electron chi connectivity index (χ4n) is 2.34. The number of hydrogen-bond acceptors (Lipinski definition) is 4. The molecule has 2 N–H and O–H groups in total. The lowest BCUT2D eigenvalue weighted by molar-refractivity contribution is 0.977. The fourth-order valence-corrected chi connectivity index (χ4v) is 2.57. The second kappa shape index (κ2) is 4.55. The van der Waals surface area contributed by atoms with Crippen LogP contribution >= 0.6 is 12.2 Å². The number of rotatable bonds is 1. The molecule has 19 heavy (non-hydrogen) atoms. The van der Waals surface area contributed by atoms with Crippen LogP contribution in [0.4, 0.5) is 0 Å². The summed E-state index contributed by atoms with van der Waals surface area (Å²) in [5.74, 6) is 0.295. The summed E-state index contributed by atoms with van der Waals surface area (Å²) in [6.07, 6.45) is 0. The van der Waals surface area contributed by atoms with E-state index in [-0.39, 0.29) is 6.04 Å². The van der Waals surface area contributed by atoms with Crippen LogP contribution in [0.15, 0.2) is 52.4 Å². The van der Waals surface area contributed by atoms with Crippen LogP contribution in [-0.4, -0.2) is 16.5 Å². The molecule has 1 heterocycles. The minimum atomic E-state index is -0.210. The topological polar surface area (TPSA) is 50.7 Å². The van der Waals surface area contributed by atoms with E-state index in [2.05, 4.69) is 34.3 Å². The monoisotopic (exact) mass is 267 g/mol. The summed E-state index contributed by atoms with van der Waals surface area (Å²) < 4.78 is 0. The lowest BCUT2D eigenvalue weighted by Crippen LogP contribution is -2.27. The molecule has 3 rings (SSSR count). The van der Waals surface area contributed by atoms with E-state index in [1.807, 2.05) is 25.1 Å². The first-order valence-corrected chi connectivity index (χ1v) is 6.48. The number of guanidine groups is 1. The molecule has 3 nitrogen and oxygen atoms in total. The zero-order valence-electron chi connectivity index (χ0n) is 10.5. The van der Waals surface area contributed by atoms with Crippen LogP contribution < -0.4 is 5.73 Å². The third-order valence-corrected chi connectivity index (χ3v) is 3.79. The van der Waals surface area contributed by atoms with Gasteiger partial charge in [-0.25, -0.2) is 9.98 Å². The van der Waals surface area contributed by atoms with Crippen LogP contribution in [0.1, 0.15) is 18.5 Å². The molecule has 0 aromatic heterocycles. The van der Waals surface area contributed by atoms with Crippen LogP contribution in [0.2, 0.25) is 0 Å². The number of aliphatic imine (C=N–C) groups is 2. The molecule has 1 atom stereocenters. The van der Waals surface area contributed by atoms with E-state index in [4.69, 9.17) is 18.0 Å². The lowest BCUT2D eigenvalue weighted by Gasteiger charge is -2.20. The summed E-state index contributed by atoms with van der Waals surface area (Å²) in [5.41, 5.74) is 7.62. The highest BCUT2D eigenvalue weighted by Crippen LogP contribution is 2.29. The van der Waals surface area contributed by atoms with Crippen molar-refractivity contribution in [2.75, 3.05) is 0 Å². The zero-order chi connectivity index (χ0) is 13.4. The van der Waals surface area contributed by atoms with Crippen LogP contribution in [0.3, 0.4) is 0 Å². The van der Waals surface area contributed by atoms with Crippen molar-refractivity contribution in [2.24, 2.45) is 15.7 Å². The molecule has 94 valence electrons. The van der Waals surface area contributed by atoms with Gasteiger partial charge in [-0.15, -0.1) is 0 Å². The van der Waals surface area contributed by atoms with Crippen LogP contribution in [0.25, 0.3) is 10.8 Å². The van der Waals surface area contributed by atoms with Gasteiger partial charge in [0.15, 0.2) is 0 Å². The Labute approximate surface area is 116 Å². The van der Waals surface area contributed by atoms with Crippen LogP contribution in [-0.2, 0) is 0 Å². The molecule has 0 radical (unpaired) electrons. The number of nitrogens with zero attached hydrogens (tertiary/aromatic N) is 2. The predicted octanol–water partition coefficient (Wildman–Crippen LogP) is 3.04. The van der Waals surface area contributed by atoms with Gasteiger partial charge in [-0.2, -0.15) is 0 Å². The summed E-state index contributed by atoms with van der Waals surface area (Å²) in [6, 6.07) is 14.2. The summed E-state index contributed by atoms with van der Waals surface area (Å²) in [6.45, 7) is 1.88. The number of nitrogens with two attached hydrogens (primary N) is 1. The average Bonchev–Trinajstić information content (AvgIpc) is 2.42. The van der Waals surface area contributed by atoms with E-state index in [1.165, 1.54) is 5.39 Å². The molecule has 0 spiro atoms. The van der Waals surface area contributed by atoms with Crippen molar-refractivity contribution in [3.63, 3.8) is 0 Å². The van der Waals surface area contributed by atoms with Gasteiger partial charge in [0.05, 0.1) is 10.6 Å². The Kier molecular flexibility index (Phi) is 2.87. The Balaban J connectivity index is 2.20. The van der Waals surface area contributed by atoms with Gasteiger partial charge in [-0.1, -0.05) is 54.7 Å². The molecule has 2 aromatic rings. The maximum absolute atomic E-state index is 5.76. The highest BCUT2D eigenvalue weighted by Gasteiger charge is 2.23. The van der Waals surface area contributed by atoms with Gasteiger partial charge in [0.25, 0.3) is 0 Å². The number of thiocarbonyl (C=S) groups is 1. The van der Waals surface area contributed by atoms with Gasteiger partial charge in [0.2, 0.25) is 5.96 Å². The first-order valence-electron chi connectivity index (χ1n) is 6.07. The molecule has 1 unspecified atom stereocenters. The van der Waals surface area contributed by atoms with Gasteiger partial charge in [0.1, 0.15) is 6.04 Å². The van der Waals surface area contributed by atoms with Crippen molar-refractivity contribution in [3.8, 4) is 0 Å². The van der Waals surface area contributed by atoms with Crippen molar-refractivity contribution in [1.29, 1.82) is 0 Å². The standard InChI is InChI=1S/C15H13N3S/c1-9-14(19)13(18-15(16)17-9)12-8-4-6-10-5-2-3-7-11(10)12/h2-8,13H,1H3,(H2,16,18). The largest absolute Gasteiger partial charge is 0.368 e. The first kappa shape index (κ1) is 12.0. The molecule has 1 aliphatic rings. The third-order valence-electron chi connectivity index (χ3n) is 3.27. The number of benzene rings is 2. The molecular formula is C15H13N3S. The summed E-state index contributed by atoms with van der Waals surface area (Å²) in [5, 5.41) is 2.33. The Hall–Kier alpha value is -2.07. The molecule has 1 aliphatic heterocycles. The quantitative estimate of drug-likeness (QED) is 0.807. The van der Waals surface area contributed by atoms with Crippen molar-refractivity contribution >= 4 is 39.5 Å². The molecule has 0 saturated carbocycles. The highest BCUT2D eigenvalue weighted by molar-refractivity contribution is 7.82. The van der Waals surface area contributed by atoms with Crippen LogP contribution in [0, 0.1) is 0 Å². The van der Waals surface area contributed by atoms with E-state index < -0.39 is 0 Å². The van der Waals surface area contributed by atoms with E-state index in [0.29, 0.717) is 5.96 Å².